The number of benzene rings is 3. The Kier molecular flexibility index (Phi) is 3.78. The number of rotatable bonds is 3. The largest absolute Gasteiger partial charge is 0.333 e. The number of aromatic amines is 1. The number of nitrogens with one attached hydrogen (secondary N) is 1. The van der Waals surface area contributed by atoms with Gasteiger partial charge in [0.1, 0.15) is 6.07 Å². The fraction of sp³-hybridized carbons (Fsp3) is 0. The first kappa shape index (κ1) is 14.6. The smallest absolute Gasteiger partial charge is 0.171 e. The van der Waals surface area contributed by atoms with Gasteiger partial charge in [-0.2, -0.15) is 5.26 Å². The zero-order valence-electron chi connectivity index (χ0n) is 12.7. The summed E-state index contributed by atoms with van der Waals surface area (Å²) in [4.78, 5) is 8.37. The van der Waals surface area contributed by atoms with E-state index in [1.54, 1.807) is 0 Å². The van der Waals surface area contributed by atoms with Crippen LogP contribution in [0.4, 0.5) is 0 Å². The van der Waals surface area contributed by atoms with Gasteiger partial charge in [0, 0.05) is 0 Å². The van der Waals surface area contributed by atoms with E-state index in [4.69, 9.17) is 0 Å². The molecule has 0 saturated heterocycles. The van der Waals surface area contributed by atoms with Crippen LogP contribution in [0.5, 0.6) is 0 Å². The Morgan fingerprint density at radius 3 is 2.67 bits per heavy atom. The highest BCUT2D eigenvalue weighted by Crippen LogP contribution is 2.29. The van der Waals surface area contributed by atoms with Crippen molar-refractivity contribution in [2.45, 2.75) is 5.16 Å². The van der Waals surface area contributed by atoms with Crippen molar-refractivity contribution in [3.63, 3.8) is 0 Å². The predicted molar refractivity (Wildman–Crippen MR) is 99.5 cm³/mol. The summed E-state index contributed by atoms with van der Waals surface area (Å²) in [5.74, 6) is 0. The Bertz CT molecular complexity index is 1060. The maximum atomic E-state index is 9.51. The Hall–Kier alpha value is -3.03. The molecule has 4 rings (SSSR count). The van der Waals surface area contributed by atoms with Crippen LogP contribution in [-0.2, 0) is 0 Å². The van der Waals surface area contributed by atoms with Crippen LogP contribution < -0.4 is 0 Å². The van der Waals surface area contributed by atoms with Gasteiger partial charge < -0.3 is 4.98 Å². The van der Waals surface area contributed by atoms with Crippen molar-refractivity contribution < 1.29 is 0 Å². The number of allylic oxidation sites excluding steroid dienone is 1. The maximum Gasteiger partial charge on any atom is 0.171 e. The fourth-order valence-corrected chi connectivity index (χ4v) is 3.43. The van der Waals surface area contributed by atoms with E-state index in [2.05, 4.69) is 34.2 Å². The summed E-state index contributed by atoms with van der Waals surface area (Å²) in [6.07, 6.45) is 1.92. The van der Waals surface area contributed by atoms with Crippen molar-refractivity contribution in [1.82, 2.24) is 9.97 Å². The Labute approximate surface area is 143 Å². The third kappa shape index (κ3) is 2.78. The van der Waals surface area contributed by atoms with Gasteiger partial charge in [0.05, 0.1) is 15.9 Å². The molecule has 3 nitrogen and oxygen atoms in total. The van der Waals surface area contributed by atoms with Crippen LogP contribution in [0.25, 0.3) is 27.9 Å². The summed E-state index contributed by atoms with van der Waals surface area (Å²) < 4.78 is 0. The molecular formula is C20H13N3S. The lowest BCUT2D eigenvalue weighted by Gasteiger charge is -2.02. The van der Waals surface area contributed by atoms with Crippen molar-refractivity contribution in [3.05, 3.63) is 77.2 Å². The summed E-state index contributed by atoms with van der Waals surface area (Å²) in [6, 6.07) is 24.4. The molecule has 3 aromatic carbocycles. The van der Waals surface area contributed by atoms with Crippen LogP contribution in [0.3, 0.4) is 0 Å². The van der Waals surface area contributed by atoms with E-state index >= 15 is 0 Å². The molecule has 0 spiro atoms. The molecule has 0 aliphatic heterocycles. The second kappa shape index (κ2) is 6.23. The van der Waals surface area contributed by atoms with Crippen LogP contribution in [0.15, 0.2) is 76.8 Å². The number of nitriles is 1. The Morgan fingerprint density at radius 1 is 1.00 bits per heavy atom. The highest BCUT2D eigenvalue weighted by Gasteiger charge is 2.07. The standard InChI is InChI=1S/C20H13N3S/c21-13-16(24-20-22-18-10-3-4-11-19(18)23-20)12-15-8-5-7-14-6-1-2-9-17(14)15/h1-12H,(H,22,23)/b16-12+. The molecule has 1 N–H and O–H groups in total. The second-order valence-electron chi connectivity index (χ2n) is 5.35. The monoisotopic (exact) mass is 327 g/mol. The lowest BCUT2D eigenvalue weighted by atomic mass is 10.0. The van der Waals surface area contributed by atoms with Crippen molar-refractivity contribution in [2.75, 3.05) is 0 Å². The molecule has 0 bridgehead atoms. The number of hydrogen-bond donors (Lipinski definition) is 1. The first-order chi connectivity index (χ1) is 11.8. The number of para-hydroxylation sites is 2. The van der Waals surface area contributed by atoms with Crippen molar-refractivity contribution in [1.29, 1.82) is 5.26 Å². The molecule has 0 saturated carbocycles. The molecule has 0 amide bonds. The predicted octanol–water partition coefficient (Wildman–Crippen LogP) is 5.37. The Morgan fingerprint density at radius 2 is 1.79 bits per heavy atom. The molecular weight excluding hydrogens is 314 g/mol. The van der Waals surface area contributed by atoms with E-state index in [1.807, 2.05) is 54.6 Å². The molecule has 4 heteroatoms. The molecule has 0 fully saturated rings. The third-order valence-corrected chi connectivity index (χ3v) is 4.61. The summed E-state index contributed by atoms with van der Waals surface area (Å²) in [7, 11) is 0. The van der Waals surface area contributed by atoms with Crippen LogP contribution in [-0.4, -0.2) is 9.97 Å². The lowest BCUT2D eigenvalue weighted by molar-refractivity contribution is 1.09. The number of hydrogen-bond acceptors (Lipinski definition) is 3. The van der Waals surface area contributed by atoms with Gasteiger partial charge in [-0.15, -0.1) is 0 Å². The quantitative estimate of drug-likeness (QED) is 0.406. The topological polar surface area (TPSA) is 52.5 Å². The van der Waals surface area contributed by atoms with Crippen LogP contribution >= 0.6 is 11.8 Å². The summed E-state index contributed by atoms with van der Waals surface area (Å²) in [6.45, 7) is 0. The molecule has 0 radical (unpaired) electrons. The molecule has 0 unspecified atom stereocenters. The SMILES string of the molecule is N#C/C(=C\c1cccc2ccccc12)Sc1nc2ccccc2[nH]1. The third-order valence-electron chi connectivity index (χ3n) is 3.79. The van der Waals surface area contributed by atoms with E-state index in [9.17, 15) is 5.26 Å². The molecule has 4 aromatic rings. The number of thioether (sulfide) groups is 1. The first-order valence-electron chi connectivity index (χ1n) is 7.56. The molecule has 1 heterocycles. The second-order valence-corrected chi connectivity index (χ2v) is 6.38. The van der Waals surface area contributed by atoms with Gasteiger partial charge in [-0.05, 0) is 46.3 Å². The molecule has 0 atom stereocenters. The number of imidazole rings is 1. The highest BCUT2D eigenvalue weighted by atomic mass is 32.2. The molecule has 0 aliphatic rings. The number of nitrogens with zero attached hydrogens (tertiary/aromatic N) is 2. The van der Waals surface area contributed by atoms with E-state index in [-0.39, 0.29) is 0 Å². The van der Waals surface area contributed by atoms with E-state index in [0.717, 1.165) is 32.5 Å². The number of fused-ring (bicyclic) bond motifs is 2. The minimum atomic E-state index is 0.602. The van der Waals surface area contributed by atoms with Gasteiger partial charge in [0.25, 0.3) is 0 Å². The zero-order chi connectivity index (χ0) is 16.4. The molecule has 24 heavy (non-hydrogen) atoms. The average Bonchev–Trinajstić information content (AvgIpc) is 3.03. The normalized spacial score (nSPS) is 11.7. The van der Waals surface area contributed by atoms with Gasteiger partial charge in [0.2, 0.25) is 0 Å². The highest BCUT2D eigenvalue weighted by molar-refractivity contribution is 8.03. The average molecular weight is 327 g/mol. The van der Waals surface area contributed by atoms with Crippen molar-refractivity contribution in [2.24, 2.45) is 0 Å². The summed E-state index contributed by atoms with van der Waals surface area (Å²) in [5, 5.41) is 12.5. The number of H-pyrrole nitrogens is 1. The fourth-order valence-electron chi connectivity index (χ4n) is 2.68. The van der Waals surface area contributed by atoms with Gasteiger partial charge in [-0.3, -0.25) is 0 Å². The molecule has 0 aliphatic carbocycles. The minimum Gasteiger partial charge on any atom is -0.333 e. The van der Waals surface area contributed by atoms with Gasteiger partial charge in [-0.1, -0.05) is 54.6 Å². The van der Waals surface area contributed by atoms with Crippen molar-refractivity contribution in [3.8, 4) is 6.07 Å². The van der Waals surface area contributed by atoms with Crippen LogP contribution in [0.1, 0.15) is 5.56 Å². The minimum absolute atomic E-state index is 0.602. The molecule has 114 valence electrons. The number of aromatic nitrogens is 2. The maximum absolute atomic E-state index is 9.51. The van der Waals surface area contributed by atoms with Crippen molar-refractivity contribution >= 4 is 39.6 Å². The van der Waals surface area contributed by atoms with Gasteiger partial charge in [0.15, 0.2) is 5.16 Å². The van der Waals surface area contributed by atoms with E-state index in [0.29, 0.717) is 4.91 Å². The van der Waals surface area contributed by atoms with Gasteiger partial charge in [-0.25, -0.2) is 4.98 Å². The zero-order valence-corrected chi connectivity index (χ0v) is 13.5. The summed E-state index contributed by atoms with van der Waals surface area (Å²) >= 11 is 1.35. The molecule has 1 aromatic heterocycles. The van der Waals surface area contributed by atoms with Crippen LogP contribution in [0.2, 0.25) is 0 Å². The van der Waals surface area contributed by atoms with E-state index < -0.39 is 0 Å². The lowest BCUT2D eigenvalue weighted by Crippen LogP contribution is -1.81. The Balaban J connectivity index is 1.72. The van der Waals surface area contributed by atoms with Crippen LogP contribution in [0, 0.1) is 11.3 Å². The van der Waals surface area contributed by atoms with E-state index in [1.165, 1.54) is 11.8 Å². The summed E-state index contributed by atoms with van der Waals surface area (Å²) in [5.41, 5.74) is 2.91. The van der Waals surface area contributed by atoms with Gasteiger partial charge >= 0.3 is 0 Å². The first-order valence-corrected chi connectivity index (χ1v) is 8.37.